The molecule has 0 aromatic rings. The third kappa shape index (κ3) is 3.41. The van der Waals surface area contributed by atoms with E-state index < -0.39 is 5.60 Å². The second-order valence-electron chi connectivity index (χ2n) is 10.9. The molecule has 168 valence electrons. The third-order valence-corrected chi connectivity index (χ3v) is 9.53. The largest absolute Gasteiger partial charge is 0.466 e. The van der Waals surface area contributed by atoms with Crippen LogP contribution in [0.15, 0.2) is 11.6 Å². The van der Waals surface area contributed by atoms with E-state index in [1.54, 1.807) is 0 Å². The smallest absolute Gasteiger partial charge is 0.302 e. The summed E-state index contributed by atoms with van der Waals surface area (Å²) >= 11 is 0. The summed E-state index contributed by atoms with van der Waals surface area (Å²) in [5, 5.41) is 11.6. The van der Waals surface area contributed by atoms with E-state index in [0.29, 0.717) is 30.8 Å². The molecule has 0 saturated heterocycles. The van der Waals surface area contributed by atoms with Gasteiger partial charge in [0.25, 0.3) is 0 Å². The summed E-state index contributed by atoms with van der Waals surface area (Å²) < 4.78 is 10.7. The Labute approximate surface area is 180 Å². The van der Waals surface area contributed by atoms with Gasteiger partial charge in [-0.25, -0.2) is 0 Å². The van der Waals surface area contributed by atoms with Crippen molar-refractivity contribution in [3.05, 3.63) is 11.6 Å². The minimum absolute atomic E-state index is 0.0325. The lowest BCUT2D eigenvalue weighted by Gasteiger charge is -2.59. The van der Waals surface area contributed by atoms with Crippen molar-refractivity contribution in [2.75, 3.05) is 6.61 Å². The van der Waals surface area contributed by atoms with Crippen LogP contribution < -0.4 is 0 Å². The molecular formula is C25H38O5. The summed E-state index contributed by atoms with van der Waals surface area (Å²) in [6.45, 7) is 7.96. The van der Waals surface area contributed by atoms with Gasteiger partial charge < -0.3 is 14.6 Å². The topological polar surface area (TPSA) is 72.8 Å². The summed E-state index contributed by atoms with van der Waals surface area (Å²) in [5.41, 5.74) is 0.841. The molecule has 4 rings (SSSR count). The summed E-state index contributed by atoms with van der Waals surface area (Å²) in [6, 6.07) is 0. The van der Waals surface area contributed by atoms with E-state index in [9.17, 15) is 14.7 Å². The lowest BCUT2D eigenvalue weighted by molar-refractivity contribution is -0.152. The Morgan fingerprint density at radius 2 is 1.80 bits per heavy atom. The van der Waals surface area contributed by atoms with Crippen molar-refractivity contribution in [2.45, 2.75) is 97.2 Å². The second-order valence-corrected chi connectivity index (χ2v) is 10.9. The fourth-order valence-corrected chi connectivity index (χ4v) is 7.85. The lowest BCUT2D eigenvalue weighted by Crippen LogP contribution is -2.55. The van der Waals surface area contributed by atoms with Crippen LogP contribution in [0.5, 0.6) is 0 Å². The molecule has 0 aliphatic heterocycles. The predicted molar refractivity (Wildman–Crippen MR) is 113 cm³/mol. The number of esters is 2. The maximum absolute atomic E-state index is 11.6. The Hall–Kier alpha value is -1.36. The first-order valence-corrected chi connectivity index (χ1v) is 11.8. The maximum Gasteiger partial charge on any atom is 0.302 e. The molecule has 3 saturated carbocycles. The number of carbonyl (C=O) groups excluding carboxylic acids is 2. The molecule has 5 nitrogen and oxygen atoms in total. The Morgan fingerprint density at radius 1 is 1.07 bits per heavy atom. The van der Waals surface area contributed by atoms with Crippen molar-refractivity contribution >= 4 is 11.9 Å². The van der Waals surface area contributed by atoms with Crippen molar-refractivity contribution in [3.8, 4) is 0 Å². The fourth-order valence-electron chi connectivity index (χ4n) is 7.85. The molecule has 1 N–H and O–H groups in total. The van der Waals surface area contributed by atoms with Gasteiger partial charge >= 0.3 is 11.9 Å². The molecule has 30 heavy (non-hydrogen) atoms. The minimum Gasteiger partial charge on any atom is -0.466 e. The molecule has 0 aromatic carbocycles. The number of hydrogen-bond acceptors (Lipinski definition) is 5. The highest BCUT2D eigenvalue weighted by atomic mass is 16.5. The van der Waals surface area contributed by atoms with Crippen LogP contribution >= 0.6 is 0 Å². The van der Waals surface area contributed by atoms with Gasteiger partial charge in [-0.1, -0.05) is 25.5 Å². The highest BCUT2D eigenvalue weighted by Crippen LogP contribution is 2.67. The second kappa shape index (κ2) is 7.65. The van der Waals surface area contributed by atoms with Gasteiger partial charge in [-0.2, -0.15) is 0 Å². The van der Waals surface area contributed by atoms with Crippen molar-refractivity contribution in [1.29, 1.82) is 0 Å². The zero-order chi connectivity index (χ0) is 21.7. The number of fused-ring (bicyclic) bond motifs is 5. The highest BCUT2D eigenvalue weighted by Gasteiger charge is 2.63. The molecule has 0 spiro atoms. The van der Waals surface area contributed by atoms with Crippen molar-refractivity contribution < 1.29 is 24.2 Å². The lowest BCUT2D eigenvalue weighted by atomic mass is 9.47. The van der Waals surface area contributed by atoms with Crippen LogP contribution in [0.2, 0.25) is 0 Å². The molecule has 7 atom stereocenters. The van der Waals surface area contributed by atoms with Gasteiger partial charge in [-0.3, -0.25) is 9.59 Å². The van der Waals surface area contributed by atoms with Crippen molar-refractivity contribution in [2.24, 2.45) is 28.6 Å². The van der Waals surface area contributed by atoms with Crippen LogP contribution in [-0.2, 0) is 19.1 Å². The standard InChI is InChI=1S/C25H38O5/c1-16(26)29-14-13-25(28)12-9-22-20-6-5-18-15-19(30-17(2)27)7-10-23(18,3)21(20)8-11-24(22,25)4/h5,19-22,28H,6-15H2,1-4H3/t19-,20-,21+,22+,23-,24+,25+/m0/s1. The van der Waals surface area contributed by atoms with Crippen LogP contribution in [-0.4, -0.2) is 35.4 Å². The number of allylic oxidation sites excluding steroid dienone is 1. The molecule has 0 bridgehead atoms. The van der Waals surface area contributed by atoms with Gasteiger partial charge in [0.15, 0.2) is 0 Å². The van der Waals surface area contributed by atoms with Crippen molar-refractivity contribution in [3.63, 3.8) is 0 Å². The van der Waals surface area contributed by atoms with Crippen molar-refractivity contribution in [1.82, 2.24) is 0 Å². The first-order valence-electron chi connectivity index (χ1n) is 11.8. The molecule has 5 heteroatoms. The van der Waals surface area contributed by atoms with Gasteiger partial charge in [0, 0.05) is 26.7 Å². The van der Waals surface area contributed by atoms with Crippen LogP contribution in [0.25, 0.3) is 0 Å². The SMILES string of the molecule is CC(=O)OCC[C@]1(O)CC[C@@H]2[C@H]3CC=C4C[C@@H](OC(C)=O)CC[C@]4(C)[C@@H]3CC[C@]21C. The molecule has 3 fully saturated rings. The van der Waals surface area contributed by atoms with Gasteiger partial charge in [0.2, 0.25) is 0 Å². The third-order valence-electron chi connectivity index (χ3n) is 9.53. The van der Waals surface area contributed by atoms with E-state index in [1.165, 1.54) is 19.4 Å². The normalized spacial score (nSPS) is 44.9. The molecular weight excluding hydrogens is 380 g/mol. The maximum atomic E-state index is 11.6. The summed E-state index contributed by atoms with van der Waals surface area (Å²) in [5.74, 6) is 1.31. The van der Waals surface area contributed by atoms with Crippen LogP contribution in [0.3, 0.4) is 0 Å². The Bertz CT molecular complexity index is 744. The van der Waals surface area contributed by atoms with Gasteiger partial charge in [-0.05, 0) is 73.5 Å². The van der Waals surface area contributed by atoms with Gasteiger partial charge in [0.1, 0.15) is 6.10 Å². The molecule has 4 aliphatic carbocycles. The summed E-state index contributed by atoms with van der Waals surface area (Å²) in [7, 11) is 0. The van der Waals surface area contributed by atoms with Gasteiger partial charge in [-0.15, -0.1) is 0 Å². The average molecular weight is 419 g/mol. The van der Waals surface area contributed by atoms with E-state index in [0.717, 1.165) is 51.4 Å². The van der Waals surface area contributed by atoms with E-state index in [2.05, 4.69) is 19.9 Å². The van der Waals surface area contributed by atoms with Crippen LogP contribution in [0.4, 0.5) is 0 Å². The number of rotatable bonds is 4. The van der Waals surface area contributed by atoms with Gasteiger partial charge in [0.05, 0.1) is 12.2 Å². The molecule has 0 heterocycles. The zero-order valence-corrected chi connectivity index (χ0v) is 19.0. The molecule has 0 aromatic heterocycles. The highest BCUT2D eigenvalue weighted by molar-refractivity contribution is 5.66. The predicted octanol–water partition coefficient (Wildman–Crippen LogP) is 4.57. The van der Waals surface area contributed by atoms with E-state index in [1.807, 2.05) is 0 Å². The minimum atomic E-state index is -0.740. The van der Waals surface area contributed by atoms with E-state index in [4.69, 9.17) is 9.47 Å². The van der Waals surface area contributed by atoms with Crippen LogP contribution in [0.1, 0.15) is 85.5 Å². The monoisotopic (exact) mass is 418 g/mol. The number of ether oxygens (including phenoxy) is 2. The van der Waals surface area contributed by atoms with Crippen LogP contribution in [0, 0.1) is 28.6 Å². The molecule has 4 aliphatic rings. The average Bonchev–Trinajstić information content (AvgIpc) is 2.93. The molecule has 0 unspecified atom stereocenters. The zero-order valence-electron chi connectivity index (χ0n) is 19.0. The quantitative estimate of drug-likeness (QED) is 0.535. The number of hydrogen-bond donors (Lipinski definition) is 1. The van der Waals surface area contributed by atoms with E-state index >= 15 is 0 Å². The first-order chi connectivity index (χ1) is 14.1. The fraction of sp³-hybridized carbons (Fsp3) is 0.840. The number of carbonyl (C=O) groups is 2. The Morgan fingerprint density at radius 3 is 2.50 bits per heavy atom. The Balaban J connectivity index is 1.52. The number of aliphatic hydroxyl groups is 1. The summed E-state index contributed by atoms with van der Waals surface area (Å²) in [4.78, 5) is 22.6. The van der Waals surface area contributed by atoms with E-state index in [-0.39, 0.29) is 28.9 Å². The molecule has 0 radical (unpaired) electrons. The Kier molecular flexibility index (Phi) is 5.57. The molecule has 0 amide bonds. The first kappa shape index (κ1) is 21.9. The summed E-state index contributed by atoms with van der Waals surface area (Å²) in [6.07, 6.45) is 11.0.